The van der Waals surface area contributed by atoms with Gasteiger partial charge in [-0.1, -0.05) is 78.7 Å². The molecule has 132 valence electrons. The van der Waals surface area contributed by atoms with Crippen LogP contribution in [0.5, 0.6) is 0 Å². The number of aryl methyl sites for hydroxylation is 1. The highest BCUT2D eigenvalue weighted by molar-refractivity contribution is 5.48. The first kappa shape index (κ1) is 17.9. The molecule has 3 rings (SSSR count). The molecule has 2 heteroatoms. The van der Waals surface area contributed by atoms with E-state index < -0.39 is 0 Å². The first-order chi connectivity index (χ1) is 12.3. The van der Waals surface area contributed by atoms with Gasteiger partial charge >= 0.3 is 0 Å². The van der Waals surface area contributed by atoms with E-state index in [0.717, 1.165) is 13.1 Å². The number of hydrogen-bond acceptors (Lipinski definition) is 2. The van der Waals surface area contributed by atoms with E-state index >= 15 is 0 Å². The summed E-state index contributed by atoms with van der Waals surface area (Å²) in [5.74, 6) is 0. The second kappa shape index (κ2) is 9.55. The van der Waals surface area contributed by atoms with Gasteiger partial charge in [0.1, 0.15) is 0 Å². The topological polar surface area (TPSA) is 15.3 Å². The lowest BCUT2D eigenvalue weighted by atomic mass is 10.0. The zero-order chi connectivity index (χ0) is 17.3. The van der Waals surface area contributed by atoms with Gasteiger partial charge in [0.15, 0.2) is 0 Å². The van der Waals surface area contributed by atoms with Crippen LogP contribution in [0.25, 0.3) is 6.08 Å². The summed E-state index contributed by atoms with van der Waals surface area (Å²) in [4.78, 5) is 2.65. The van der Waals surface area contributed by atoms with Crippen molar-refractivity contribution < 1.29 is 0 Å². The van der Waals surface area contributed by atoms with Crippen molar-refractivity contribution >= 4 is 6.08 Å². The highest BCUT2D eigenvalue weighted by atomic mass is 15.2. The predicted molar refractivity (Wildman–Crippen MR) is 108 cm³/mol. The van der Waals surface area contributed by atoms with Crippen molar-refractivity contribution in [3.8, 4) is 0 Å². The highest BCUT2D eigenvalue weighted by Gasteiger charge is 2.21. The molecule has 0 bridgehead atoms. The molecule has 0 radical (unpaired) electrons. The maximum absolute atomic E-state index is 3.64. The van der Waals surface area contributed by atoms with E-state index in [1.807, 2.05) is 0 Å². The van der Waals surface area contributed by atoms with Gasteiger partial charge in [-0.3, -0.25) is 4.90 Å². The van der Waals surface area contributed by atoms with Crippen molar-refractivity contribution in [1.82, 2.24) is 10.2 Å². The van der Waals surface area contributed by atoms with Crippen LogP contribution in [-0.4, -0.2) is 31.1 Å². The maximum atomic E-state index is 3.64. The minimum Gasteiger partial charge on any atom is -0.311 e. The van der Waals surface area contributed by atoms with E-state index in [-0.39, 0.29) is 0 Å². The Morgan fingerprint density at radius 1 is 0.960 bits per heavy atom. The van der Waals surface area contributed by atoms with Gasteiger partial charge in [0.2, 0.25) is 0 Å². The number of likely N-dealkylation sites (tertiary alicyclic amines) is 1. The van der Waals surface area contributed by atoms with E-state index in [1.165, 1.54) is 49.0 Å². The fraction of sp³-hybridized carbons (Fsp3) is 0.391. The van der Waals surface area contributed by atoms with E-state index in [2.05, 4.69) is 83.9 Å². The second-order valence-electron chi connectivity index (χ2n) is 6.99. The lowest BCUT2D eigenvalue weighted by Gasteiger charge is -2.35. The molecule has 1 unspecified atom stereocenters. The molecule has 2 aromatic carbocycles. The van der Waals surface area contributed by atoms with Gasteiger partial charge in [-0.15, -0.1) is 0 Å². The summed E-state index contributed by atoms with van der Waals surface area (Å²) in [5, 5.41) is 3.64. The van der Waals surface area contributed by atoms with Gasteiger partial charge in [0, 0.05) is 19.1 Å². The van der Waals surface area contributed by atoms with Crippen molar-refractivity contribution in [1.29, 1.82) is 0 Å². The quantitative estimate of drug-likeness (QED) is 0.730. The molecule has 1 heterocycles. The normalized spacial score (nSPS) is 17.0. The molecule has 2 nitrogen and oxygen atoms in total. The summed E-state index contributed by atoms with van der Waals surface area (Å²) in [5.41, 5.74) is 4.03. The van der Waals surface area contributed by atoms with Crippen LogP contribution < -0.4 is 5.32 Å². The number of nitrogens with one attached hydrogen (secondary N) is 1. The van der Waals surface area contributed by atoms with Crippen molar-refractivity contribution in [2.45, 2.75) is 32.2 Å². The van der Waals surface area contributed by atoms with Gasteiger partial charge in [-0.05, 0) is 44.0 Å². The van der Waals surface area contributed by atoms with Crippen LogP contribution in [0.15, 0.2) is 60.7 Å². The Bertz CT molecular complexity index is 640. The molecule has 1 saturated heterocycles. The summed E-state index contributed by atoms with van der Waals surface area (Å²) in [6.07, 6.45) is 8.45. The first-order valence-electron chi connectivity index (χ1n) is 9.56. The number of rotatable bonds is 7. The Kier molecular flexibility index (Phi) is 6.84. The number of nitrogens with zero attached hydrogens (tertiary/aromatic N) is 1. The van der Waals surface area contributed by atoms with Gasteiger partial charge < -0.3 is 5.32 Å². The molecule has 25 heavy (non-hydrogen) atoms. The Morgan fingerprint density at radius 2 is 1.68 bits per heavy atom. The van der Waals surface area contributed by atoms with Crippen LogP contribution in [0.4, 0.5) is 0 Å². The molecule has 1 fully saturated rings. The molecule has 0 amide bonds. The minimum atomic E-state index is 0.478. The van der Waals surface area contributed by atoms with Crippen molar-refractivity contribution in [3.05, 3.63) is 77.4 Å². The third-order valence-corrected chi connectivity index (χ3v) is 5.00. The van der Waals surface area contributed by atoms with Crippen LogP contribution in [0.1, 0.15) is 42.0 Å². The van der Waals surface area contributed by atoms with Crippen LogP contribution in [0, 0.1) is 6.92 Å². The molecular formula is C23H30N2. The molecular weight excluding hydrogens is 304 g/mol. The SMILES string of the molecule is Cc1ccc(C(CNC/C=C/c2ccccc2)N2CCCCC2)cc1. The summed E-state index contributed by atoms with van der Waals surface area (Å²) in [7, 11) is 0. The second-order valence-corrected chi connectivity index (χ2v) is 6.99. The average molecular weight is 335 g/mol. The largest absolute Gasteiger partial charge is 0.311 e. The van der Waals surface area contributed by atoms with Gasteiger partial charge in [0.05, 0.1) is 0 Å². The van der Waals surface area contributed by atoms with Gasteiger partial charge in [0.25, 0.3) is 0 Å². The van der Waals surface area contributed by atoms with Gasteiger partial charge in [-0.25, -0.2) is 0 Å². The van der Waals surface area contributed by atoms with Crippen LogP contribution in [-0.2, 0) is 0 Å². The zero-order valence-electron chi connectivity index (χ0n) is 15.3. The smallest absolute Gasteiger partial charge is 0.0472 e. The van der Waals surface area contributed by atoms with Crippen molar-refractivity contribution in [2.75, 3.05) is 26.2 Å². The molecule has 2 aromatic rings. The fourth-order valence-electron chi connectivity index (χ4n) is 3.54. The predicted octanol–water partition coefficient (Wildman–Crippen LogP) is 4.83. The van der Waals surface area contributed by atoms with E-state index in [0.29, 0.717) is 6.04 Å². The number of piperidine rings is 1. The lowest BCUT2D eigenvalue weighted by molar-refractivity contribution is 0.161. The minimum absolute atomic E-state index is 0.478. The van der Waals surface area contributed by atoms with Crippen LogP contribution in [0.3, 0.4) is 0 Å². The fourth-order valence-corrected chi connectivity index (χ4v) is 3.54. The molecule has 1 atom stereocenters. The summed E-state index contributed by atoms with van der Waals surface area (Å²) in [6, 6.07) is 20.0. The molecule has 0 aliphatic carbocycles. The van der Waals surface area contributed by atoms with E-state index in [4.69, 9.17) is 0 Å². The molecule has 0 saturated carbocycles. The molecule has 1 aliphatic heterocycles. The summed E-state index contributed by atoms with van der Waals surface area (Å²) in [6.45, 7) is 6.51. The van der Waals surface area contributed by atoms with Crippen molar-refractivity contribution in [2.24, 2.45) is 0 Å². The third kappa shape index (κ3) is 5.55. The van der Waals surface area contributed by atoms with Crippen molar-refractivity contribution in [3.63, 3.8) is 0 Å². The van der Waals surface area contributed by atoms with Crippen LogP contribution in [0.2, 0.25) is 0 Å². The Labute approximate surface area is 152 Å². The highest BCUT2D eigenvalue weighted by Crippen LogP contribution is 2.24. The monoisotopic (exact) mass is 334 g/mol. The third-order valence-electron chi connectivity index (χ3n) is 5.00. The molecule has 1 aliphatic rings. The van der Waals surface area contributed by atoms with Crippen LogP contribution >= 0.6 is 0 Å². The summed E-state index contributed by atoms with van der Waals surface area (Å²) >= 11 is 0. The number of hydrogen-bond donors (Lipinski definition) is 1. The van der Waals surface area contributed by atoms with Gasteiger partial charge in [-0.2, -0.15) is 0 Å². The van der Waals surface area contributed by atoms with E-state index in [1.54, 1.807) is 0 Å². The maximum Gasteiger partial charge on any atom is 0.0472 e. The molecule has 0 aromatic heterocycles. The number of benzene rings is 2. The first-order valence-corrected chi connectivity index (χ1v) is 9.56. The molecule has 1 N–H and O–H groups in total. The zero-order valence-corrected chi connectivity index (χ0v) is 15.3. The Morgan fingerprint density at radius 3 is 2.40 bits per heavy atom. The Hall–Kier alpha value is -1.90. The standard InChI is InChI=1S/C23H30N2/c1-20-12-14-22(15-13-20)23(25-17-6-3-7-18-25)19-24-16-8-11-21-9-4-2-5-10-21/h2,4-5,8-15,23-24H,3,6-7,16-19H2,1H3/b11-8+. The Balaban J connectivity index is 1.57. The lowest BCUT2D eigenvalue weighted by Crippen LogP contribution is -2.39. The average Bonchev–Trinajstić information content (AvgIpc) is 2.67. The van der Waals surface area contributed by atoms with E-state index in [9.17, 15) is 0 Å². The molecule has 0 spiro atoms. The summed E-state index contributed by atoms with van der Waals surface area (Å²) < 4.78 is 0.